The number of aliphatic carboxylic acids is 1. The molecule has 5 atom stereocenters. The quantitative estimate of drug-likeness (QED) is 0.174. The van der Waals surface area contributed by atoms with E-state index in [-0.39, 0.29) is 24.7 Å². The summed E-state index contributed by atoms with van der Waals surface area (Å²) < 4.78 is 0. The van der Waals surface area contributed by atoms with E-state index in [0.717, 1.165) is 5.56 Å². The standard InChI is InChI=1S/C27H42N4O6S/c1-6-18(4)23(31-24(33)20(28-16-32)12-13-38-5)26(35)29-21(15-19-10-8-7-9-11-19)25(34)30-22(27(36)37)14-17(2)3/h7-11,16-18,20-23H,6,12-15H2,1-5H3,(H,28,32)(H,29,35)(H,30,34)(H,31,33)(H,36,37). The molecule has 0 aliphatic carbocycles. The lowest BCUT2D eigenvalue weighted by molar-refractivity contribution is -0.142. The van der Waals surface area contributed by atoms with Gasteiger partial charge in [0.25, 0.3) is 0 Å². The summed E-state index contributed by atoms with van der Waals surface area (Å²) >= 11 is 1.53. The third-order valence-electron chi connectivity index (χ3n) is 6.23. The van der Waals surface area contributed by atoms with Crippen molar-refractivity contribution in [1.29, 1.82) is 0 Å². The molecule has 0 heterocycles. The number of carboxylic acid groups (broad SMARTS) is 1. The van der Waals surface area contributed by atoms with Crippen LogP contribution in [0.4, 0.5) is 0 Å². The predicted octanol–water partition coefficient (Wildman–Crippen LogP) is 1.73. The van der Waals surface area contributed by atoms with Crippen molar-refractivity contribution in [3.63, 3.8) is 0 Å². The van der Waals surface area contributed by atoms with Gasteiger partial charge in [0.15, 0.2) is 0 Å². The lowest BCUT2D eigenvalue weighted by Gasteiger charge is -2.28. The highest BCUT2D eigenvalue weighted by Crippen LogP contribution is 2.12. The minimum atomic E-state index is -1.15. The first-order valence-corrected chi connectivity index (χ1v) is 14.3. The molecule has 0 bridgehead atoms. The molecule has 1 rings (SSSR count). The van der Waals surface area contributed by atoms with Crippen molar-refractivity contribution in [2.75, 3.05) is 12.0 Å². The van der Waals surface area contributed by atoms with E-state index >= 15 is 0 Å². The van der Waals surface area contributed by atoms with Crippen LogP contribution in [0, 0.1) is 11.8 Å². The maximum atomic E-state index is 13.5. The van der Waals surface area contributed by atoms with E-state index in [0.29, 0.717) is 25.0 Å². The van der Waals surface area contributed by atoms with Gasteiger partial charge in [-0.25, -0.2) is 4.79 Å². The fourth-order valence-electron chi connectivity index (χ4n) is 3.85. The molecule has 1 aromatic rings. The van der Waals surface area contributed by atoms with Gasteiger partial charge in [-0.3, -0.25) is 19.2 Å². The van der Waals surface area contributed by atoms with Gasteiger partial charge in [0, 0.05) is 6.42 Å². The number of carbonyl (C=O) groups is 5. The molecule has 4 amide bonds. The first kappa shape index (κ1) is 32.9. The molecule has 1 aromatic carbocycles. The van der Waals surface area contributed by atoms with Gasteiger partial charge in [-0.1, -0.05) is 64.4 Å². The lowest BCUT2D eigenvalue weighted by Crippen LogP contribution is -2.59. The second kappa shape index (κ2) is 17.4. The molecule has 0 radical (unpaired) electrons. The van der Waals surface area contributed by atoms with Gasteiger partial charge in [0.1, 0.15) is 24.2 Å². The summed E-state index contributed by atoms with van der Waals surface area (Å²) in [5, 5.41) is 20.1. The topological polar surface area (TPSA) is 154 Å². The number of benzene rings is 1. The largest absolute Gasteiger partial charge is 0.480 e. The van der Waals surface area contributed by atoms with Gasteiger partial charge in [-0.05, 0) is 42.2 Å². The molecule has 5 unspecified atom stereocenters. The molecule has 0 saturated heterocycles. The van der Waals surface area contributed by atoms with Crippen molar-refractivity contribution >= 4 is 41.9 Å². The highest BCUT2D eigenvalue weighted by atomic mass is 32.2. The molecule has 38 heavy (non-hydrogen) atoms. The van der Waals surface area contributed by atoms with Crippen molar-refractivity contribution < 1.29 is 29.1 Å². The molecule has 5 N–H and O–H groups in total. The van der Waals surface area contributed by atoms with Crippen LogP contribution in [0.1, 0.15) is 52.5 Å². The minimum absolute atomic E-state index is 0.0302. The normalized spacial score (nSPS) is 14.9. The fraction of sp³-hybridized carbons (Fsp3) is 0.593. The van der Waals surface area contributed by atoms with Gasteiger partial charge in [-0.15, -0.1) is 0 Å². The molecule has 0 aromatic heterocycles. The molecule has 0 aliphatic heterocycles. The van der Waals surface area contributed by atoms with Crippen LogP contribution in [-0.4, -0.2) is 71.4 Å². The van der Waals surface area contributed by atoms with Crippen LogP contribution in [0.15, 0.2) is 30.3 Å². The smallest absolute Gasteiger partial charge is 0.326 e. The summed E-state index contributed by atoms with van der Waals surface area (Å²) in [6.07, 6.45) is 3.68. The van der Waals surface area contributed by atoms with Crippen LogP contribution in [0.5, 0.6) is 0 Å². The second-order valence-electron chi connectivity index (χ2n) is 9.77. The molecule has 0 fully saturated rings. The van der Waals surface area contributed by atoms with Crippen molar-refractivity contribution in [1.82, 2.24) is 21.3 Å². The van der Waals surface area contributed by atoms with Crippen molar-refractivity contribution in [3.8, 4) is 0 Å². The van der Waals surface area contributed by atoms with Gasteiger partial charge in [-0.2, -0.15) is 11.8 Å². The number of carboxylic acids is 1. The van der Waals surface area contributed by atoms with E-state index in [2.05, 4.69) is 21.3 Å². The highest BCUT2D eigenvalue weighted by molar-refractivity contribution is 7.98. The van der Waals surface area contributed by atoms with E-state index in [9.17, 15) is 29.1 Å². The van der Waals surface area contributed by atoms with Gasteiger partial charge in [0.05, 0.1) is 0 Å². The predicted molar refractivity (Wildman–Crippen MR) is 148 cm³/mol. The molecule has 11 heteroatoms. The third-order valence-corrected chi connectivity index (χ3v) is 6.87. The second-order valence-corrected chi connectivity index (χ2v) is 10.8. The zero-order valence-electron chi connectivity index (χ0n) is 22.9. The van der Waals surface area contributed by atoms with E-state index in [4.69, 9.17) is 0 Å². The zero-order valence-corrected chi connectivity index (χ0v) is 23.7. The Morgan fingerprint density at radius 2 is 1.53 bits per heavy atom. The van der Waals surface area contributed by atoms with E-state index < -0.39 is 47.9 Å². The van der Waals surface area contributed by atoms with Crippen LogP contribution >= 0.6 is 11.8 Å². The number of amides is 4. The average molecular weight is 551 g/mol. The summed E-state index contributed by atoms with van der Waals surface area (Å²) in [6.45, 7) is 7.40. The highest BCUT2D eigenvalue weighted by Gasteiger charge is 2.33. The number of hydrogen-bond donors (Lipinski definition) is 5. The monoisotopic (exact) mass is 550 g/mol. The summed E-state index contributed by atoms with van der Waals surface area (Å²) in [7, 11) is 0. The Kier molecular flexibility index (Phi) is 15.1. The third kappa shape index (κ3) is 11.5. The summed E-state index contributed by atoms with van der Waals surface area (Å²) in [4.78, 5) is 62.4. The molecule has 10 nitrogen and oxygen atoms in total. The van der Waals surface area contributed by atoms with Crippen LogP contribution in [-0.2, 0) is 30.4 Å². The van der Waals surface area contributed by atoms with Gasteiger partial charge in [0.2, 0.25) is 24.1 Å². The number of rotatable bonds is 18. The van der Waals surface area contributed by atoms with E-state index in [1.807, 2.05) is 64.3 Å². The Morgan fingerprint density at radius 1 is 0.921 bits per heavy atom. The van der Waals surface area contributed by atoms with E-state index in [1.165, 1.54) is 11.8 Å². The van der Waals surface area contributed by atoms with Crippen molar-refractivity contribution in [2.24, 2.45) is 11.8 Å². The number of hydrogen-bond acceptors (Lipinski definition) is 6. The Morgan fingerprint density at radius 3 is 2.05 bits per heavy atom. The first-order valence-electron chi connectivity index (χ1n) is 12.9. The van der Waals surface area contributed by atoms with Gasteiger partial charge >= 0.3 is 5.97 Å². The number of thioether (sulfide) groups is 1. The average Bonchev–Trinajstić information content (AvgIpc) is 2.88. The first-order chi connectivity index (χ1) is 18.0. The summed E-state index contributed by atoms with van der Waals surface area (Å²) in [6, 6.07) is 5.14. The molecule has 212 valence electrons. The zero-order chi connectivity index (χ0) is 28.7. The van der Waals surface area contributed by atoms with Crippen LogP contribution in [0.25, 0.3) is 0 Å². The van der Waals surface area contributed by atoms with E-state index in [1.54, 1.807) is 0 Å². The lowest BCUT2D eigenvalue weighted by atomic mass is 9.96. The maximum Gasteiger partial charge on any atom is 0.326 e. The summed E-state index contributed by atoms with van der Waals surface area (Å²) in [5.41, 5.74) is 0.778. The number of carbonyl (C=O) groups excluding carboxylic acids is 4. The van der Waals surface area contributed by atoms with Crippen LogP contribution < -0.4 is 21.3 Å². The van der Waals surface area contributed by atoms with Gasteiger partial charge < -0.3 is 26.4 Å². The molecular formula is C27H42N4O6S. The Labute approximate surface area is 229 Å². The Hall–Kier alpha value is -3.08. The van der Waals surface area contributed by atoms with Crippen molar-refractivity contribution in [3.05, 3.63) is 35.9 Å². The SMILES string of the molecule is CCC(C)C(NC(=O)C(CCSC)NC=O)C(=O)NC(Cc1ccccc1)C(=O)NC(CC(C)C)C(=O)O. The van der Waals surface area contributed by atoms with Crippen molar-refractivity contribution in [2.45, 2.75) is 77.5 Å². The Bertz CT molecular complexity index is 914. The molecule has 0 spiro atoms. The summed E-state index contributed by atoms with van der Waals surface area (Å²) in [5.74, 6) is -2.43. The minimum Gasteiger partial charge on any atom is -0.480 e. The molecule has 0 aliphatic rings. The Balaban J connectivity index is 3.17. The van der Waals surface area contributed by atoms with Crippen LogP contribution in [0.2, 0.25) is 0 Å². The fourth-order valence-corrected chi connectivity index (χ4v) is 4.32. The van der Waals surface area contributed by atoms with Crippen LogP contribution in [0.3, 0.4) is 0 Å². The molecule has 0 saturated carbocycles. The number of nitrogens with one attached hydrogen (secondary N) is 4. The molecular weight excluding hydrogens is 508 g/mol. The maximum absolute atomic E-state index is 13.5.